The fraction of sp³-hybridized carbons (Fsp3) is 0.522. The fourth-order valence-electron chi connectivity index (χ4n) is 3.96. The molecule has 1 aromatic carbocycles. The minimum atomic E-state index is -5.08. The summed E-state index contributed by atoms with van der Waals surface area (Å²) < 4.78 is 85.0. The maximum Gasteiger partial charge on any atom is 0.490 e. The van der Waals surface area contributed by atoms with Crippen molar-refractivity contribution >= 4 is 11.9 Å². The zero-order valence-electron chi connectivity index (χ0n) is 20.6. The Morgan fingerprint density at radius 3 is 2.13 bits per heavy atom. The number of hydrogen-bond acceptors (Lipinski definition) is 6. The molecule has 2 saturated heterocycles. The minimum Gasteiger partial charge on any atom is -0.475 e. The molecular weight excluding hydrogens is 545 g/mol. The average Bonchev–Trinajstić information content (AvgIpc) is 3.43. The first-order chi connectivity index (χ1) is 18.1. The van der Waals surface area contributed by atoms with E-state index in [0.717, 1.165) is 39.1 Å². The van der Waals surface area contributed by atoms with Gasteiger partial charge in [-0.2, -0.15) is 31.4 Å². The van der Waals surface area contributed by atoms with E-state index in [4.69, 9.17) is 24.5 Å². The Morgan fingerprint density at radius 1 is 1.03 bits per heavy atom. The SMILES string of the molecule is Cn1cc(CN2CCN3C[C@H](OCc4ccccc4F)C[C@H]3C2)cn1.O=C(O)C(F)(F)F.O=C(O)C(F)(F)F. The van der Waals surface area contributed by atoms with Gasteiger partial charge in [0.2, 0.25) is 0 Å². The first-order valence-electron chi connectivity index (χ1n) is 11.5. The van der Waals surface area contributed by atoms with Crippen LogP contribution in [-0.2, 0) is 34.5 Å². The molecule has 0 radical (unpaired) electrons. The summed E-state index contributed by atoms with van der Waals surface area (Å²) in [5.74, 6) is -5.69. The van der Waals surface area contributed by atoms with E-state index < -0.39 is 24.3 Å². The molecule has 0 aliphatic carbocycles. The molecule has 16 heteroatoms. The molecule has 0 spiro atoms. The van der Waals surface area contributed by atoms with Gasteiger partial charge in [-0.1, -0.05) is 18.2 Å². The Balaban J connectivity index is 0.000000317. The quantitative estimate of drug-likeness (QED) is 0.526. The maximum absolute atomic E-state index is 13.7. The molecule has 218 valence electrons. The molecule has 39 heavy (non-hydrogen) atoms. The number of aryl methyl sites for hydroxylation is 1. The predicted octanol–water partition coefficient (Wildman–Crippen LogP) is 3.30. The Bertz CT molecular complexity index is 1070. The average molecular weight is 572 g/mol. The summed E-state index contributed by atoms with van der Waals surface area (Å²) in [7, 11) is 1.95. The van der Waals surface area contributed by atoms with Crippen molar-refractivity contribution in [1.29, 1.82) is 0 Å². The molecule has 2 aliphatic rings. The van der Waals surface area contributed by atoms with E-state index in [1.807, 2.05) is 24.0 Å². The number of ether oxygens (including phenoxy) is 1. The van der Waals surface area contributed by atoms with Crippen molar-refractivity contribution in [2.24, 2.45) is 7.05 Å². The molecule has 2 aromatic rings. The predicted molar refractivity (Wildman–Crippen MR) is 121 cm³/mol. The van der Waals surface area contributed by atoms with Gasteiger partial charge in [-0.05, 0) is 12.5 Å². The van der Waals surface area contributed by atoms with Gasteiger partial charge in [0.1, 0.15) is 5.82 Å². The van der Waals surface area contributed by atoms with E-state index in [9.17, 15) is 30.7 Å². The van der Waals surface area contributed by atoms with Gasteiger partial charge in [-0.25, -0.2) is 14.0 Å². The number of fused-ring (bicyclic) bond motifs is 1. The Labute approximate surface area is 218 Å². The number of nitrogens with zero attached hydrogens (tertiary/aromatic N) is 4. The number of halogens is 7. The van der Waals surface area contributed by atoms with Gasteiger partial charge in [0.05, 0.1) is 18.9 Å². The maximum atomic E-state index is 13.7. The number of carboxylic acid groups (broad SMARTS) is 2. The number of aliphatic carboxylic acids is 2. The van der Waals surface area contributed by atoms with Crippen molar-refractivity contribution < 1.29 is 55.3 Å². The molecule has 2 atom stereocenters. The largest absolute Gasteiger partial charge is 0.490 e. The number of hydrogen-bond donors (Lipinski definition) is 2. The highest BCUT2D eigenvalue weighted by molar-refractivity contribution is 5.73. The van der Waals surface area contributed by atoms with Crippen LogP contribution in [0.3, 0.4) is 0 Å². The van der Waals surface area contributed by atoms with Gasteiger partial charge >= 0.3 is 24.3 Å². The zero-order valence-corrected chi connectivity index (χ0v) is 20.6. The van der Waals surface area contributed by atoms with Crippen molar-refractivity contribution in [2.75, 3.05) is 26.2 Å². The third-order valence-corrected chi connectivity index (χ3v) is 5.74. The smallest absolute Gasteiger partial charge is 0.475 e. The van der Waals surface area contributed by atoms with Crippen LogP contribution in [0.5, 0.6) is 0 Å². The van der Waals surface area contributed by atoms with Gasteiger partial charge in [-0.15, -0.1) is 0 Å². The number of alkyl halides is 6. The summed E-state index contributed by atoms with van der Waals surface area (Å²) in [6, 6.07) is 7.40. The third-order valence-electron chi connectivity index (χ3n) is 5.74. The molecule has 2 fully saturated rings. The van der Waals surface area contributed by atoms with Gasteiger partial charge in [0.25, 0.3) is 0 Å². The topological polar surface area (TPSA) is 108 Å². The van der Waals surface area contributed by atoms with Gasteiger partial charge < -0.3 is 14.9 Å². The molecule has 0 bridgehead atoms. The minimum absolute atomic E-state index is 0.180. The fourth-order valence-corrected chi connectivity index (χ4v) is 3.96. The number of benzene rings is 1. The lowest BCUT2D eigenvalue weighted by molar-refractivity contribution is -0.193. The number of carbonyl (C=O) groups is 2. The van der Waals surface area contributed by atoms with Crippen LogP contribution in [0.25, 0.3) is 0 Å². The lowest BCUT2D eigenvalue weighted by Gasteiger charge is -2.37. The van der Waals surface area contributed by atoms with Crippen molar-refractivity contribution in [2.45, 2.75) is 44.1 Å². The first kappa shape index (κ1) is 32.0. The Hall–Kier alpha value is -3.24. The normalized spacial score (nSPS) is 19.8. The Kier molecular flexibility index (Phi) is 11.2. The van der Waals surface area contributed by atoms with Gasteiger partial charge in [0, 0.05) is 63.1 Å². The van der Waals surface area contributed by atoms with Crippen molar-refractivity contribution in [3.05, 3.63) is 53.6 Å². The van der Waals surface area contributed by atoms with Crippen LogP contribution in [0.2, 0.25) is 0 Å². The molecule has 9 nitrogen and oxygen atoms in total. The molecule has 0 unspecified atom stereocenters. The summed E-state index contributed by atoms with van der Waals surface area (Å²) in [4.78, 5) is 22.8. The van der Waals surface area contributed by atoms with Crippen LogP contribution in [0, 0.1) is 5.82 Å². The van der Waals surface area contributed by atoms with Crippen LogP contribution in [0.1, 0.15) is 17.5 Å². The second kappa shape index (κ2) is 13.7. The van der Waals surface area contributed by atoms with E-state index >= 15 is 0 Å². The van der Waals surface area contributed by atoms with Crippen LogP contribution >= 0.6 is 0 Å². The van der Waals surface area contributed by atoms with Gasteiger partial charge in [-0.3, -0.25) is 14.5 Å². The molecule has 1 aromatic heterocycles. The third kappa shape index (κ3) is 10.8. The molecule has 0 amide bonds. The van der Waals surface area contributed by atoms with Crippen molar-refractivity contribution in [3.63, 3.8) is 0 Å². The zero-order chi connectivity index (χ0) is 29.4. The van der Waals surface area contributed by atoms with E-state index in [2.05, 4.69) is 21.1 Å². The van der Waals surface area contributed by atoms with Crippen LogP contribution < -0.4 is 0 Å². The first-order valence-corrected chi connectivity index (χ1v) is 11.5. The molecule has 4 rings (SSSR count). The van der Waals surface area contributed by atoms with Gasteiger partial charge in [0.15, 0.2) is 0 Å². The summed E-state index contributed by atoms with van der Waals surface area (Å²) in [6.07, 6.45) is -4.91. The summed E-state index contributed by atoms with van der Waals surface area (Å²) in [5, 5.41) is 18.5. The van der Waals surface area contributed by atoms with E-state index in [1.54, 1.807) is 12.1 Å². The standard InChI is InChI=1S/C19H25FN4O.2C2HF3O2/c1-22-10-15(9-21-22)11-23-6-7-24-13-18(8-17(24)12-23)25-14-16-4-2-3-5-19(16)20;2*3-2(4,5)1(6)7/h2-5,9-10,17-18H,6-8,11-14H2,1H3;2*(H,6,7)/t17-,18+;;/m0../s1. The Morgan fingerprint density at radius 2 is 1.62 bits per heavy atom. The lowest BCUT2D eigenvalue weighted by Crippen LogP contribution is -2.49. The summed E-state index contributed by atoms with van der Waals surface area (Å²) >= 11 is 0. The number of rotatable bonds is 5. The monoisotopic (exact) mass is 572 g/mol. The van der Waals surface area contributed by atoms with Crippen molar-refractivity contribution in [1.82, 2.24) is 19.6 Å². The summed E-state index contributed by atoms with van der Waals surface area (Å²) in [6.45, 7) is 5.49. The highest BCUT2D eigenvalue weighted by atomic mass is 19.4. The van der Waals surface area contributed by atoms with E-state index in [1.165, 1.54) is 11.6 Å². The summed E-state index contributed by atoms with van der Waals surface area (Å²) in [5.41, 5.74) is 1.91. The van der Waals surface area contributed by atoms with Crippen LogP contribution in [0.15, 0.2) is 36.7 Å². The number of carboxylic acids is 2. The number of aromatic nitrogens is 2. The van der Waals surface area contributed by atoms with Crippen LogP contribution in [0.4, 0.5) is 30.7 Å². The number of piperazine rings is 1. The molecule has 3 heterocycles. The molecule has 2 aliphatic heterocycles. The second-order valence-corrected chi connectivity index (χ2v) is 8.77. The van der Waals surface area contributed by atoms with Crippen molar-refractivity contribution in [3.8, 4) is 0 Å². The highest BCUT2D eigenvalue weighted by Gasteiger charge is 2.39. The molecule has 0 saturated carbocycles. The molecule has 2 N–H and O–H groups in total. The molecular formula is C23H27F7N4O5. The second-order valence-electron chi connectivity index (χ2n) is 8.77. The van der Waals surface area contributed by atoms with E-state index in [-0.39, 0.29) is 11.9 Å². The van der Waals surface area contributed by atoms with Crippen LogP contribution in [-0.4, -0.2) is 92.4 Å². The van der Waals surface area contributed by atoms with E-state index in [0.29, 0.717) is 18.2 Å². The highest BCUT2D eigenvalue weighted by Crippen LogP contribution is 2.26. The lowest BCUT2D eigenvalue weighted by atomic mass is 10.1.